The fourth-order valence-corrected chi connectivity index (χ4v) is 4.76. The van der Waals surface area contributed by atoms with Gasteiger partial charge in [0.1, 0.15) is 5.75 Å². The average Bonchev–Trinajstić information content (AvgIpc) is 3.23. The molecule has 156 valence electrons. The number of rotatable bonds is 6. The molecule has 0 radical (unpaired) electrons. The molecule has 2 aromatic heterocycles. The van der Waals surface area contributed by atoms with Crippen molar-refractivity contribution in [3.63, 3.8) is 0 Å². The lowest BCUT2D eigenvalue weighted by Crippen LogP contribution is -2.30. The molecule has 2 atom stereocenters. The van der Waals surface area contributed by atoms with E-state index in [4.69, 9.17) is 12.2 Å². The van der Waals surface area contributed by atoms with Crippen molar-refractivity contribution in [1.29, 1.82) is 0 Å². The molecule has 0 unspecified atom stereocenters. The molecular weight excluding hydrogens is 392 g/mol. The molecule has 0 aliphatic carbocycles. The summed E-state index contributed by atoms with van der Waals surface area (Å²) in [5.41, 5.74) is 5.16. The van der Waals surface area contributed by atoms with Crippen LogP contribution in [0.25, 0.3) is 5.69 Å². The topological polar surface area (TPSA) is 53.3 Å². The lowest BCUT2D eigenvalue weighted by atomic mass is 9.96. The van der Waals surface area contributed by atoms with Crippen LogP contribution in [-0.4, -0.2) is 31.2 Å². The number of para-hydroxylation sites is 2. The molecule has 0 spiro atoms. The minimum atomic E-state index is -0.0196. The summed E-state index contributed by atoms with van der Waals surface area (Å²) in [5.74, 6) is 0.273. The van der Waals surface area contributed by atoms with Gasteiger partial charge in [0, 0.05) is 24.1 Å². The monoisotopic (exact) mass is 420 g/mol. The molecule has 1 saturated heterocycles. The third-order valence-corrected chi connectivity index (χ3v) is 6.21. The predicted molar refractivity (Wildman–Crippen MR) is 124 cm³/mol. The fourth-order valence-electron chi connectivity index (χ4n) is 4.42. The summed E-state index contributed by atoms with van der Waals surface area (Å²) >= 11 is 5.75. The number of hydrogen-bond acceptors (Lipinski definition) is 3. The number of thiocarbonyl (C=S) groups is 1. The van der Waals surface area contributed by atoms with Gasteiger partial charge in [0.15, 0.2) is 5.11 Å². The van der Waals surface area contributed by atoms with E-state index in [1.54, 1.807) is 6.07 Å². The molecule has 30 heavy (non-hydrogen) atoms. The number of aryl methyl sites for hydroxylation is 1. The van der Waals surface area contributed by atoms with Crippen molar-refractivity contribution < 1.29 is 5.11 Å². The Bertz CT molecular complexity index is 1050. The van der Waals surface area contributed by atoms with Crippen molar-refractivity contribution in [3.8, 4) is 11.4 Å². The van der Waals surface area contributed by atoms with Gasteiger partial charge in [0.25, 0.3) is 0 Å². The second-order valence-electron chi connectivity index (χ2n) is 7.82. The Kier molecular flexibility index (Phi) is 5.77. The summed E-state index contributed by atoms with van der Waals surface area (Å²) < 4.78 is 2.12. The molecule has 1 aliphatic rings. The Hall–Kier alpha value is -2.86. The summed E-state index contributed by atoms with van der Waals surface area (Å²) in [6.07, 6.45) is 4.01. The number of hydrogen-bond donors (Lipinski definition) is 2. The molecule has 1 aromatic carbocycles. The molecule has 2 N–H and O–H groups in total. The molecule has 3 heterocycles. The first-order chi connectivity index (χ1) is 14.5. The molecule has 1 aliphatic heterocycles. The van der Waals surface area contributed by atoms with Crippen LogP contribution in [-0.2, 0) is 0 Å². The van der Waals surface area contributed by atoms with Gasteiger partial charge in [-0.15, -0.1) is 0 Å². The number of benzene rings is 1. The van der Waals surface area contributed by atoms with Crippen LogP contribution in [0.4, 0.5) is 0 Å². The summed E-state index contributed by atoms with van der Waals surface area (Å²) in [6.45, 7) is 7.29. The van der Waals surface area contributed by atoms with Crippen molar-refractivity contribution in [2.24, 2.45) is 0 Å². The number of aromatic hydroxyl groups is 1. The number of unbranched alkanes of at least 4 members (excludes halogenated alkanes) is 1. The second-order valence-corrected chi connectivity index (χ2v) is 8.21. The summed E-state index contributed by atoms with van der Waals surface area (Å²) in [7, 11) is 0. The number of nitrogens with one attached hydrogen (secondary N) is 1. The quantitative estimate of drug-likeness (QED) is 0.552. The van der Waals surface area contributed by atoms with Gasteiger partial charge in [-0.25, -0.2) is 0 Å². The zero-order valence-corrected chi connectivity index (χ0v) is 18.5. The summed E-state index contributed by atoms with van der Waals surface area (Å²) in [6, 6.07) is 15.7. The maximum atomic E-state index is 10.5. The Morgan fingerprint density at radius 3 is 2.60 bits per heavy atom. The van der Waals surface area contributed by atoms with E-state index in [9.17, 15) is 5.11 Å². The maximum absolute atomic E-state index is 10.5. The van der Waals surface area contributed by atoms with Gasteiger partial charge in [-0.1, -0.05) is 31.5 Å². The molecule has 3 aromatic rings. The van der Waals surface area contributed by atoms with Crippen molar-refractivity contribution in [1.82, 2.24) is 19.8 Å². The average molecular weight is 421 g/mol. The molecule has 0 bridgehead atoms. The van der Waals surface area contributed by atoms with Crippen LogP contribution in [0.1, 0.15) is 54.5 Å². The Labute approximate surface area is 183 Å². The maximum Gasteiger partial charge on any atom is 0.170 e. The summed E-state index contributed by atoms with van der Waals surface area (Å²) in [4.78, 5) is 6.92. The van der Waals surface area contributed by atoms with Crippen molar-refractivity contribution in [3.05, 3.63) is 77.4 Å². The van der Waals surface area contributed by atoms with Crippen LogP contribution in [0.3, 0.4) is 0 Å². The standard InChI is InChI=1S/C24H28N4OS/c1-4-5-14-27-23(22(26-24(27)30)19-10-8-9-13-25-19)18-15-16(2)28(17(18)3)20-11-6-7-12-21(20)29/h6-13,15,22-23,29H,4-5,14H2,1-3H3,(H,26,30)/t22-,23-/m0/s1. The highest BCUT2D eigenvalue weighted by Gasteiger charge is 2.41. The molecule has 1 fully saturated rings. The Morgan fingerprint density at radius 1 is 1.13 bits per heavy atom. The van der Waals surface area contributed by atoms with Crippen LogP contribution >= 0.6 is 12.2 Å². The molecule has 5 nitrogen and oxygen atoms in total. The third kappa shape index (κ3) is 3.56. The molecule has 4 rings (SSSR count). The number of phenolic OH excluding ortho intramolecular Hbond substituents is 1. The van der Waals surface area contributed by atoms with E-state index in [-0.39, 0.29) is 17.8 Å². The molecular formula is C24H28N4OS. The van der Waals surface area contributed by atoms with Crippen LogP contribution in [0.5, 0.6) is 5.75 Å². The van der Waals surface area contributed by atoms with Gasteiger partial charge in [-0.3, -0.25) is 4.98 Å². The van der Waals surface area contributed by atoms with Crippen LogP contribution in [0.2, 0.25) is 0 Å². The number of phenols is 1. The van der Waals surface area contributed by atoms with E-state index in [0.29, 0.717) is 0 Å². The Balaban J connectivity index is 1.83. The van der Waals surface area contributed by atoms with E-state index in [0.717, 1.165) is 47.3 Å². The normalized spacial score (nSPS) is 18.6. The van der Waals surface area contributed by atoms with E-state index in [1.807, 2.05) is 36.5 Å². The van der Waals surface area contributed by atoms with E-state index >= 15 is 0 Å². The molecule has 0 saturated carbocycles. The van der Waals surface area contributed by atoms with Gasteiger partial charge < -0.3 is 19.9 Å². The number of nitrogens with zero attached hydrogens (tertiary/aromatic N) is 3. The fraction of sp³-hybridized carbons (Fsp3) is 0.333. The smallest absolute Gasteiger partial charge is 0.170 e. The second kappa shape index (κ2) is 8.48. The lowest BCUT2D eigenvalue weighted by Gasteiger charge is -2.28. The van der Waals surface area contributed by atoms with Crippen molar-refractivity contribution in [2.75, 3.05) is 6.54 Å². The highest BCUT2D eigenvalue weighted by atomic mass is 32.1. The lowest BCUT2D eigenvalue weighted by molar-refractivity contribution is 0.312. The largest absolute Gasteiger partial charge is 0.506 e. The van der Waals surface area contributed by atoms with Gasteiger partial charge in [-0.2, -0.15) is 0 Å². The number of aromatic nitrogens is 2. The highest BCUT2D eigenvalue weighted by molar-refractivity contribution is 7.80. The van der Waals surface area contributed by atoms with Gasteiger partial charge >= 0.3 is 0 Å². The minimum Gasteiger partial charge on any atom is -0.506 e. The first kappa shape index (κ1) is 20.4. The minimum absolute atomic E-state index is 0.0196. The van der Waals surface area contributed by atoms with Crippen LogP contribution in [0, 0.1) is 13.8 Å². The van der Waals surface area contributed by atoms with Gasteiger partial charge in [0.2, 0.25) is 0 Å². The zero-order chi connectivity index (χ0) is 21.3. The SMILES string of the molecule is CCCCN1C(=S)N[C@@H](c2ccccn2)[C@@H]1c1cc(C)n(-c2ccccc2O)c1C. The van der Waals surface area contributed by atoms with Crippen molar-refractivity contribution >= 4 is 17.3 Å². The Morgan fingerprint density at radius 2 is 1.90 bits per heavy atom. The van der Waals surface area contributed by atoms with Crippen molar-refractivity contribution in [2.45, 2.75) is 45.7 Å². The van der Waals surface area contributed by atoms with Crippen LogP contribution in [0.15, 0.2) is 54.7 Å². The van der Waals surface area contributed by atoms with E-state index < -0.39 is 0 Å². The van der Waals surface area contributed by atoms with Gasteiger partial charge in [-0.05, 0) is 68.4 Å². The van der Waals surface area contributed by atoms with E-state index in [2.05, 4.69) is 52.7 Å². The highest BCUT2D eigenvalue weighted by Crippen LogP contribution is 2.42. The first-order valence-electron chi connectivity index (χ1n) is 10.5. The zero-order valence-electron chi connectivity index (χ0n) is 17.7. The number of pyridine rings is 1. The summed E-state index contributed by atoms with van der Waals surface area (Å²) in [5, 5.41) is 14.7. The first-order valence-corrected chi connectivity index (χ1v) is 10.9. The van der Waals surface area contributed by atoms with Gasteiger partial charge in [0.05, 0.1) is 23.5 Å². The third-order valence-electron chi connectivity index (χ3n) is 5.86. The molecule has 6 heteroatoms. The van der Waals surface area contributed by atoms with E-state index in [1.165, 1.54) is 5.56 Å². The molecule has 0 amide bonds. The predicted octanol–water partition coefficient (Wildman–Crippen LogP) is 4.97. The van der Waals surface area contributed by atoms with Crippen LogP contribution < -0.4 is 5.32 Å².